The minimum atomic E-state index is -0.493. The van der Waals surface area contributed by atoms with Crippen molar-refractivity contribution in [3.8, 4) is 0 Å². The number of para-hydroxylation sites is 1. The van der Waals surface area contributed by atoms with Gasteiger partial charge in [-0.05, 0) is 40.2 Å². The summed E-state index contributed by atoms with van der Waals surface area (Å²) in [6, 6.07) is 13.8. The van der Waals surface area contributed by atoms with Crippen LogP contribution in [0.2, 0.25) is 0 Å². The van der Waals surface area contributed by atoms with Crippen LogP contribution in [0.15, 0.2) is 53.0 Å². The van der Waals surface area contributed by atoms with Gasteiger partial charge in [0.05, 0.1) is 23.9 Å². The fourth-order valence-electron chi connectivity index (χ4n) is 1.72. The molecule has 4 nitrogen and oxygen atoms in total. The molecule has 0 fully saturated rings. The quantitative estimate of drug-likeness (QED) is 0.875. The molecule has 0 spiro atoms. The number of amides is 1. The molecule has 0 bridgehead atoms. The maximum atomic E-state index is 12.2. The van der Waals surface area contributed by atoms with Crippen molar-refractivity contribution in [1.82, 2.24) is 0 Å². The Morgan fingerprint density at radius 2 is 1.60 bits per heavy atom. The first-order valence-electron chi connectivity index (χ1n) is 5.86. The Labute approximate surface area is 124 Å². The first kappa shape index (κ1) is 14.3. The number of rotatable bonds is 3. The van der Waals surface area contributed by atoms with Crippen molar-refractivity contribution >= 4 is 33.5 Å². The number of nitrogens with one attached hydrogen (secondary N) is 1. The summed E-state index contributed by atoms with van der Waals surface area (Å²) in [6.45, 7) is 0. The van der Waals surface area contributed by atoms with Crippen LogP contribution in [-0.2, 0) is 4.74 Å². The standard InChI is InChI=1S/C15H12BrNO3/c1-20-15(19)11-7-3-5-9-13(11)17-14(18)10-6-2-4-8-12(10)16/h2-9H,1H3,(H,17,18). The van der Waals surface area contributed by atoms with Crippen LogP contribution in [-0.4, -0.2) is 19.0 Å². The molecule has 0 heterocycles. The van der Waals surface area contributed by atoms with Crippen LogP contribution < -0.4 is 5.32 Å². The van der Waals surface area contributed by atoms with Gasteiger partial charge in [0.1, 0.15) is 0 Å². The van der Waals surface area contributed by atoms with E-state index in [2.05, 4.69) is 26.0 Å². The summed E-state index contributed by atoms with van der Waals surface area (Å²) in [7, 11) is 1.30. The second kappa shape index (κ2) is 6.34. The fourth-order valence-corrected chi connectivity index (χ4v) is 2.18. The van der Waals surface area contributed by atoms with Gasteiger partial charge in [-0.1, -0.05) is 24.3 Å². The molecule has 2 aromatic rings. The highest BCUT2D eigenvalue weighted by Crippen LogP contribution is 2.20. The largest absolute Gasteiger partial charge is 0.465 e. The molecule has 5 heteroatoms. The van der Waals surface area contributed by atoms with Gasteiger partial charge in [0.25, 0.3) is 5.91 Å². The number of anilines is 1. The van der Waals surface area contributed by atoms with Crippen molar-refractivity contribution in [2.75, 3.05) is 12.4 Å². The minimum Gasteiger partial charge on any atom is -0.465 e. The summed E-state index contributed by atoms with van der Waals surface area (Å²) < 4.78 is 5.38. The van der Waals surface area contributed by atoms with E-state index < -0.39 is 5.97 Å². The van der Waals surface area contributed by atoms with Crippen LogP contribution in [0.4, 0.5) is 5.69 Å². The molecule has 0 saturated carbocycles. The Morgan fingerprint density at radius 3 is 2.25 bits per heavy atom. The molecule has 0 aliphatic carbocycles. The van der Waals surface area contributed by atoms with Crippen LogP contribution >= 0.6 is 15.9 Å². The smallest absolute Gasteiger partial charge is 0.339 e. The van der Waals surface area contributed by atoms with Crippen molar-refractivity contribution < 1.29 is 14.3 Å². The molecular weight excluding hydrogens is 322 g/mol. The third-order valence-electron chi connectivity index (χ3n) is 2.70. The summed E-state index contributed by atoms with van der Waals surface area (Å²) in [6.07, 6.45) is 0. The molecule has 0 aromatic heterocycles. The predicted molar refractivity (Wildman–Crippen MR) is 79.9 cm³/mol. The van der Waals surface area contributed by atoms with Gasteiger partial charge in [-0.25, -0.2) is 4.79 Å². The highest BCUT2D eigenvalue weighted by Gasteiger charge is 2.15. The number of methoxy groups -OCH3 is 1. The molecule has 0 saturated heterocycles. The number of hydrogen-bond donors (Lipinski definition) is 1. The SMILES string of the molecule is COC(=O)c1ccccc1NC(=O)c1ccccc1Br. The zero-order valence-corrected chi connectivity index (χ0v) is 12.3. The lowest BCUT2D eigenvalue weighted by molar-refractivity contribution is 0.0602. The summed E-state index contributed by atoms with van der Waals surface area (Å²) in [5.74, 6) is -0.790. The fraction of sp³-hybridized carbons (Fsp3) is 0.0667. The zero-order valence-electron chi connectivity index (χ0n) is 10.7. The average Bonchev–Trinajstić information content (AvgIpc) is 2.47. The molecule has 1 amide bonds. The predicted octanol–water partition coefficient (Wildman–Crippen LogP) is 3.49. The molecule has 0 aliphatic heterocycles. The zero-order chi connectivity index (χ0) is 14.5. The second-order valence-electron chi connectivity index (χ2n) is 3.97. The Morgan fingerprint density at radius 1 is 1.00 bits per heavy atom. The van der Waals surface area contributed by atoms with E-state index in [1.165, 1.54) is 7.11 Å². The van der Waals surface area contributed by atoms with E-state index >= 15 is 0 Å². The van der Waals surface area contributed by atoms with Crippen LogP contribution in [0.5, 0.6) is 0 Å². The lowest BCUT2D eigenvalue weighted by atomic mass is 10.1. The minimum absolute atomic E-state index is 0.297. The van der Waals surface area contributed by atoms with Crippen LogP contribution in [0.1, 0.15) is 20.7 Å². The molecule has 20 heavy (non-hydrogen) atoms. The van der Waals surface area contributed by atoms with Crippen molar-refractivity contribution in [3.63, 3.8) is 0 Å². The molecule has 1 N–H and O–H groups in total. The molecule has 0 atom stereocenters. The van der Waals surface area contributed by atoms with Crippen molar-refractivity contribution in [2.24, 2.45) is 0 Å². The summed E-state index contributed by atoms with van der Waals surface area (Å²) in [5.41, 5.74) is 1.22. The monoisotopic (exact) mass is 333 g/mol. The third kappa shape index (κ3) is 3.05. The first-order valence-corrected chi connectivity index (χ1v) is 6.66. The number of carbonyl (C=O) groups is 2. The molecule has 0 radical (unpaired) electrons. The topological polar surface area (TPSA) is 55.4 Å². The van der Waals surface area contributed by atoms with E-state index in [0.29, 0.717) is 21.3 Å². The Hall–Kier alpha value is -2.14. The molecule has 0 unspecified atom stereocenters. The van der Waals surface area contributed by atoms with Crippen molar-refractivity contribution in [3.05, 3.63) is 64.1 Å². The van der Waals surface area contributed by atoms with E-state index in [-0.39, 0.29) is 5.91 Å². The lowest BCUT2D eigenvalue weighted by Crippen LogP contribution is -2.15. The highest BCUT2D eigenvalue weighted by molar-refractivity contribution is 9.10. The van der Waals surface area contributed by atoms with Gasteiger partial charge in [-0.3, -0.25) is 4.79 Å². The van der Waals surface area contributed by atoms with Crippen LogP contribution in [0.3, 0.4) is 0 Å². The third-order valence-corrected chi connectivity index (χ3v) is 3.39. The number of halogens is 1. The number of ether oxygens (including phenoxy) is 1. The van der Waals surface area contributed by atoms with E-state index in [4.69, 9.17) is 0 Å². The second-order valence-corrected chi connectivity index (χ2v) is 4.83. The van der Waals surface area contributed by atoms with Gasteiger partial charge < -0.3 is 10.1 Å². The number of hydrogen-bond acceptors (Lipinski definition) is 3. The Bertz CT molecular complexity index is 655. The number of benzene rings is 2. The van der Waals surface area contributed by atoms with E-state index in [1.807, 2.05) is 6.07 Å². The van der Waals surface area contributed by atoms with Gasteiger partial charge in [0.15, 0.2) is 0 Å². The number of esters is 1. The summed E-state index contributed by atoms with van der Waals surface area (Å²) in [4.78, 5) is 23.8. The Balaban J connectivity index is 2.29. The maximum absolute atomic E-state index is 12.2. The average molecular weight is 334 g/mol. The van der Waals surface area contributed by atoms with Crippen LogP contribution in [0.25, 0.3) is 0 Å². The van der Waals surface area contributed by atoms with Gasteiger partial charge in [0.2, 0.25) is 0 Å². The summed E-state index contributed by atoms with van der Waals surface area (Å²) >= 11 is 3.32. The van der Waals surface area contributed by atoms with Gasteiger partial charge in [-0.2, -0.15) is 0 Å². The van der Waals surface area contributed by atoms with Gasteiger partial charge in [-0.15, -0.1) is 0 Å². The molecule has 102 valence electrons. The van der Waals surface area contributed by atoms with E-state index in [0.717, 1.165) is 0 Å². The van der Waals surface area contributed by atoms with Crippen LogP contribution in [0, 0.1) is 0 Å². The van der Waals surface area contributed by atoms with Crippen molar-refractivity contribution in [2.45, 2.75) is 0 Å². The normalized spacial score (nSPS) is 9.90. The van der Waals surface area contributed by atoms with E-state index in [1.54, 1.807) is 42.5 Å². The molecule has 2 aromatic carbocycles. The molecular formula is C15H12BrNO3. The van der Waals surface area contributed by atoms with Crippen molar-refractivity contribution in [1.29, 1.82) is 0 Å². The first-order chi connectivity index (χ1) is 9.63. The highest BCUT2D eigenvalue weighted by atomic mass is 79.9. The lowest BCUT2D eigenvalue weighted by Gasteiger charge is -2.10. The van der Waals surface area contributed by atoms with E-state index in [9.17, 15) is 9.59 Å². The Kier molecular flexibility index (Phi) is 4.53. The summed E-state index contributed by atoms with van der Waals surface area (Å²) in [5, 5.41) is 2.71. The number of carbonyl (C=O) groups excluding carboxylic acids is 2. The van der Waals surface area contributed by atoms with Gasteiger partial charge in [0, 0.05) is 4.47 Å². The molecule has 2 rings (SSSR count). The molecule has 0 aliphatic rings. The van der Waals surface area contributed by atoms with Gasteiger partial charge >= 0.3 is 5.97 Å². The maximum Gasteiger partial charge on any atom is 0.339 e.